The van der Waals surface area contributed by atoms with E-state index in [4.69, 9.17) is 0 Å². The molecule has 1 aromatic carbocycles. The van der Waals surface area contributed by atoms with Gasteiger partial charge in [-0.25, -0.2) is 9.97 Å². The second-order valence-electron chi connectivity index (χ2n) is 5.61. The van der Waals surface area contributed by atoms with Gasteiger partial charge in [0.2, 0.25) is 5.95 Å². The summed E-state index contributed by atoms with van der Waals surface area (Å²) in [5.74, 6) is 0.165. The third-order valence-corrected chi connectivity index (χ3v) is 3.58. The van der Waals surface area contributed by atoms with Crippen LogP contribution in [-0.2, 0) is 13.1 Å². The predicted molar refractivity (Wildman–Crippen MR) is 95.9 cm³/mol. The Balaban J connectivity index is 1.59. The largest absolute Gasteiger partial charge is 0.350 e. The van der Waals surface area contributed by atoms with E-state index in [1.807, 2.05) is 43.3 Å². The van der Waals surface area contributed by atoms with Crippen LogP contribution < -0.4 is 10.6 Å². The summed E-state index contributed by atoms with van der Waals surface area (Å²) in [4.78, 5) is 24.8. The molecule has 2 N–H and O–H groups in total. The lowest BCUT2D eigenvalue weighted by atomic mass is 10.1. The first-order valence-electron chi connectivity index (χ1n) is 8.01. The lowest BCUT2D eigenvalue weighted by Gasteiger charge is -2.08. The summed E-state index contributed by atoms with van der Waals surface area (Å²) in [6.07, 6.45) is 3.26. The monoisotopic (exact) mass is 333 g/mol. The number of rotatable bonds is 6. The van der Waals surface area contributed by atoms with Crippen LogP contribution in [0, 0.1) is 6.92 Å². The Bertz CT molecular complexity index is 851. The van der Waals surface area contributed by atoms with Gasteiger partial charge in [0, 0.05) is 18.9 Å². The average Bonchev–Trinajstić information content (AvgIpc) is 2.65. The fourth-order valence-electron chi connectivity index (χ4n) is 2.34. The molecule has 0 saturated carbocycles. The molecule has 6 heteroatoms. The summed E-state index contributed by atoms with van der Waals surface area (Å²) in [5, 5.41) is 5.95. The molecule has 0 radical (unpaired) electrons. The molecular formula is C19H19N5O. The maximum atomic E-state index is 12.2. The van der Waals surface area contributed by atoms with Crippen molar-refractivity contribution in [3.05, 3.63) is 83.4 Å². The SMILES string of the molecule is Cc1cccc(CNc2nccc(C(=O)NCc3ccccn3)n2)c1. The zero-order valence-electron chi connectivity index (χ0n) is 13.9. The summed E-state index contributed by atoms with van der Waals surface area (Å²) in [5.41, 5.74) is 3.44. The zero-order chi connectivity index (χ0) is 17.5. The topological polar surface area (TPSA) is 79.8 Å². The van der Waals surface area contributed by atoms with Gasteiger partial charge in [-0.2, -0.15) is 0 Å². The van der Waals surface area contributed by atoms with Crippen LogP contribution in [0.5, 0.6) is 0 Å². The van der Waals surface area contributed by atoms with Crippen molar-refractivity contribution < 1.29 is 4.79 Å². The summed E-state index contributed by atoms with van der Waals surface area (Å²) < 4.78 is 0. The maximum absolute atomic E-state index is 12.2. The molecule has 0 aliphatic rings. The second-order valence-corrected chi connectivity index (χ2v) is 5.61. The van der Waals surface area contributed by atoms with Crippen LogP contribution in [0.25, 0.3) is 0 Å². The Kier molecular flexibility index (Phi) is 5.31. The zero-order valence-corrected chi connectivity index (χ0v) is 13.9. The van der Waals surface area contributed by atoms with Crippen LogP contribution in [0.2, 0.25) is 0 Å². The van der Waals surface area contributed by atoms with Crippen LogP contribution in [0.1, 0.15) is 27.3 Å². The number of anilines is 1. The number of carbonyl (C=O) groups is 1. The maximum Gasteiger partial charge on any atom is 0.270 e. The Labute approximate surface area is 146 Å². The van der Waals surface area contributed by atoms with E-state index in [9.17, 15) is 4.79 Å². The van der Waals surface area contributed by atoms with Gasteiger partial charge in [0.1, 0.15) is 5.69 Å². The Morgan fingerprint density at radius 2 is 1.92 bits per heavy atom. The van der Waals surface area contributed by atoms with Crippen molar-refractivity contribution in [3.63, 3.8) is 0 Å². The van der Waals surface area contributed by atoms with Crippen LogP contribution in [0.4, 0.5) is 5.95 Å². The van der Waals surface area contributed by atoms with Crippen LogP contribution in [-0.4, -0.2) is 20.9 Å². The highest BCUT2D eigenvalue weighted by atomic mass is 16.1. The third-order valence-electron chi connectivity index (χ3n) is 3.58. The van der Waals surface area contributed by atoms with Gasteiger partial charge in [0.15, 0.2) is 0 Å². The highest BCUT2D eigenvalue weighted by Crippen LogP contribution is 2.07. The van der Waals surface area contributed by atoms with Gasteiger partial charge in [-0.15, -0.1) is 0 Å². The molecule has 0 spiro atoms. The minimum absolute atomic E-state index is 0.258. The molecule has 1 amide bonds. The van der Waals surface area contributed by atoms with Gasteiger partial charge in [-0.3, -0.25) is 9.78 Å². The van der Waals surface area contributed by atoms with Gasteiger partial charge in [-0.1, -0.05) is 35.9 Å². The molecule has 0 bridgehead atoms. The summed E-state index contributed by atoms with van der Waals surface area (Å²) in [6.45, 7) is 3.00. The van der Waals surface area contributed by atoms with Crippen LogP contribution >= 0.6 is 0 Å². The minimum Gasteiger partial charge on any atom is -0.350 e. The van der Waals surface area contributed by atoms with E-state index in [0.29, 0.717) is 24.7 Å². The van der Waals surface area contributed by atoms with E-state index in [2.05, 4.69) is 31.7 Å². The van der Waals surface area contributed by atoms with Crippen molar-refractivity contribution in [1.29, 1.82) is 0 Å². The second kappa shape index (κ2) is 8.01. The smallest absolute Gasteiger partial charge is 0.270 e. The lowest BCUT2D eigenvalue weighted by molar-refractivity contribution is 0.0945. The van der Waals surface area contributed by atoms with Crippen molar-refractivity contribution in [2.24, 2.45) is 0 Å². The van der Waals surface area contributed by atoms with Crippen molar-refractivity contribution in [2.45, 2.75) is 20.0 Å². The van der Waals surface area contributed by atoms with Crippen molar-refractivity contribution in [1.82, 2.24) is 20.3 Å². The number of amides is 1. The van der Waals surface area contributed by atoms with Crippen molar-refractivity contribution in [3.8, 4) is 0 Å². The van der Waals surface area contributed by atoms with E-state index in [-0.39, 0.29) is 5.91 Å². The summed E-state index contributed by atoms with van der Waals surface area (Å²) in [7, 11) is 0. The third kappa shape index (κ3) is 4.84. The lowest BCUT2D eigenvalue weighted by Crippen LogP contribution is -2.24. The molecule has 0 atom stereocenters. The van der Waals surface area contributed by atoms with E-state index >= 15 is 0 Å². The number of nitrogens with one attached hydrogen (secondary N) is 2. The number of nitrogens with zero attached hydrogens (tertiary/aromatic N) is 3. The molecule has 25 heavy (non-hydrogen) atoms. The Hall–Kier alpha value is -3.28. The van der Waals surface area contributed by atoms with E-state index in [0.717, 1.165) is 11.3 Å². The fourth-order valence-corrected chi connectivity index (χ4v) is 2.34. The van der Waals surface area contributed by atoms with E-state index in [1.54, 1.807) is 18.5 Å². The number of pyridine rings is 1. The number of carbonyl (C=O) groups excluding carboxylic acids is 1. The van der Waals surface area contributed by atoms with Gasteiger partial charge in [0.25, 0.3) is 5.91 Å². The molecule has 0 fully saturated rings. The molecule has 0 aliphatic heterocycles. The van der Waals surface area contributed by atoms with E-state index in [1.165, 1.54) is 5.56 Å². The molecule has 2 heterocycles. The quantitative estimate of drug-likeness (QED) is 0.725. The molecular weight excluding hydrogens is 314 g/mol. The standard InChI is InChI=1S/C19H19N5O/c1-14-5-4-6-15(11-14)12-23-19-21-10-8-17(24-19)18(25)22-13-16-7-2-3-9-20-16/h2-11H,12-13H2,1H3,(H,22,25)(H,21,23,24). The molecule has 2 aromatic heterocycles. The van der Waals surface area contributed by atoms with Gasteiger partial charge >= 0.3 is 0 Å². The van der Waals surface area contributed by atoms with Crippen molar-refractivity contribution >= 4 is 11.9 Å². The minimum atomic E-state index is -0.258. The summed E-state index contributed by atoms with van der Waals surface area (Å²) in [6, 6.07) is 15.3. The summed E-state index contributed by atoms with van der Waals surface area (Å²) >= 11 is 0. The highest BCUT2D eigenvalue weighted by Gasteiger charge is 2.09. The van der Waals surface area contributed by atoms with E-state index < -0.39 is 0 Å². The normalized spacial score (nSPS) is 10.3. The Morgan fingerprint density at radius 1 is 1.00 bits per heavy atom. The van der Waals surface area contributed by atoms with Gasteiger partial charge < -0.3 is 10.6 Å². The molecule has 3 rings (SSSR count). The number of aromatic nitrogens is 3. The first kappa shape index (κ1) is 16.6. The van der Waals surface area contributed by atoms with Gasteiger partial charge in [0.05, 0.1) is 12.2 Å². The van der Waals surface area contributed by atoms with Crippen molar-refractivity contribution in [2.75, 3.05) is 5.32 Å². The molecule has 6 nitrogen and oxygen atoms in total. The van der Waals surface area contributed by atoms with Crippen LogP contribution in [0.15, 0.2) is 60.9 Å². The first-order valence-corrected chi connectivity index (χ1v) is 8.01. The fraction of sp³-hybridized carbons (Fsp3) is 0.158. The first-order chi connectivity index (χ1) is 12.2. The van der Waals surface area contributed by atoms with Gasteiger partial charge in [-0.05, 0) is 30.7 Å². The number of aryl methyl sites for hydroxylation is 1. The molecule has 0 unspecified atom stereocenters. The molecule has 0 saturated heterocycles. The molecule has 126 valence electrons. The molecule has 3 aromatic rings. The predicted octanol–water partition coefficient (Wildman–Crippen LogP) is 2.72. The Morgan fingerprint density at radius 3 is 2.72 bits per heavy atom. The number of benzene rings is 1. The number of hydrogen-bond donors (Lipinski definition) is 2. The van der Waals surface area contributed by atoms with Crippen LogP contribution in [0.3, 0.4) is 0 Å². The highest BCUT2D eigenvalue weighted by molar-refractivity contribution is 5.92. The molecule has 0 aliphatic carbocycles. The number of hydrogen-bond acceptors (Lipinski definition) is 5. The average molecular weight is 333 g/mol.